The van der Waals surface area contributed by atoms with E-state index < -0.39 is 16.2 Å². The van der Waals surface area contributed by atoms with Gasteiger partial charge in [0.25, 0.3) is 0 Å². The lowest BCUT2D eigenvalue weighted by Gasteiger charge is -2.49. The van der Waals surface area contributed by atoms with Crippen molar-refractivity contribution in [1.82, 2.24) is 9.88 Å². The highest BCUT2D eigenvalue weighted by molar-refractivity contribution is 5.33. The highest BCUT2D eigenvalue weighted by Crippen LogP contribution is 2.53. The van der Waals surface area contributed by atoms with Gasteiger partial charge in [0, 0.05) is 30.2 Å². The van der Waals surface area contributed by atoms with Crippen molar-refractivity contribution < 1.29 is 0 Å². The van der Waals surface area contributed by atoms with Crippen LogP contribution < -0.4 is 0 Å². The second-order valence-corrected chi connectivity index (χ2v) is 8.77. The van der Waals surface area contributed by atoms with E-state index in [-0.39, 0.29) is 0 Å². The van der Waals surface area contributed by atoms with Gasteiger partial charge in [-0.1, -0.05) is 19.9 Å². The molecule has 1 aromatic heterocycles. The predicted octanol–water partition coefficient (Wildman–Crippen LogP) is 4.93. The van der Waals surface area contributed by atoms with E-state index in [1.54, 1.807) is 6.20 Å². The number of hydrogen-bond donors (Lipinski definition) is 0. The van der Waals surface area contributed by atoms with E-state index in [4.69, 9.17) is 0 Å². The standard InChI is InChI=1S/C22H34N4/c1-17(2)26(18(3)4)14-12-22(16-24,19-11-9-10-13-25-19)21(7,8)20(5,6)15-23/h9-11,13,17-18H,12,14H2,1-8H3. The molecule has 0 fully saturated rings. The maximum Gasteiger partial charge on any atom is 0.107 e. The zero-order chi connectivity index (χ0) is 20.2. The second-order valence-electron chi connectivity index (χ2n) is 8.77. The average molecular weight is 355 g/mol. The van der Waals surface area contributed by atoms with Gasteiger partial charge in [-0.25, -0.2) is 0 Å². The maximum atomic E-state index is 10.4. The lowest BCUT2D eigenvalue weighted by atomic mass is 9.52. The molecule has 142 valence electrons. The molecule has 1 aromatic rings. The van der Waals surface area contributed by atoms with E-state index in [9.17, 15) is 10.5 Å². The number of nitriles is 2. The molecule has 4 nitrogen and oxygen atoms in total. The van der Waals surface area contributed by atoms with Gasteiger partial charge in [0.1, 0.15) is 5.41 Å². The van der Waals surface area contributed by atoms with Crippen molar-refractivity contribution in [3.8, 4) is 12.1 Å². The maximum absolute atomic E-state index is 10.4. The first-order valence-electron chi connectivity index (χ1n) is 9.46. The Morgan fingerprint density at radius 2 is 1.58 bits per heavy atom. The van der Waals surface area contributed by atoms with Crippen molar-refractivity contribution in [3.63, 3.8) is 0 Å². The first-order chi connectivity index (χ1) is 12.0. The highest BCUT2D eigenvalue weighted by atomic mass is 15.2. The van der Waals surface area contributed by atoms with E-state index in [1.165, 1.54) is 0 Å². The summed E-state index contributed by atoms with van der Waals surface area (Å²) in [4.78, 5) is 6.95. The fourth-order valence-corrected chi connectivity index (χ4v) is 3.71. The van der Waals surface area contributed by atoms with Crippen LogP contribution in [0.15, 0.2) is 24.4 Å². The van der Waals surface area contributed by atoms with Crippen molar-refractivity contribution in [2.45, 2.75) is 79.3 Å². The minimum Gasteiger partial charge on any atom is -0.298 e. The molecule has 0 saturated heterocycles. The molecular formula is C22H34N4. The molecule has 0 aliphatic heterocycles. The van der Waals surface area contributed by atoms with Crippen LogP contribution in [0.4, 0.5) is 0 Å². The highest BCUT2D eigenvalue weighted by Gasteiger charge is 2.56. The summed E-state index contributed by atoms with van der Waals surface area (Å²) in [6, 6.07) is 11.5. The van der Waals surface area contributed by atoms with E-state index in [2.05, 4.69) is 49.7 Å². The molecule has 0 spiro atoms. The summed E-state index contributed by atoms with van der Waals surface area (Å²) in [6.45, 7) is 17.4. The monoisotopic (exact) mass is 354 g/mol. The first-order valence-corrected chi connectivity index (χ1v) is 9.46. The van der Waals surface area contributed by atoms with Crippen LogP contribution in [0.3, 0.4) is 0 Å². The molecule has 0 aliphatic rings. The Morgan fingerprint density at radius 3 is 1.96 bits per heavy atom. The molecule has 4 heteroatoms. The van der Waals surface area contributed by atoms with Gasteiger partial charge in [-0.2, -0.15) is 10.5 Å². The van der Waals surface area contributed by atoms with Crippen LogP contribution >= 0.6 is 0 Å². The SMILES string of the molecule is CC(C)N(CCC(C#N)(c1ccccn1)C(C)(C)C(C)(C)C#N)C(C)C. The van der Waals surface area contributed by atoms with Crippen molar-refractivity contribution in [3.05, 3.63) is 30.1 Å². The number of aromatic nitrogens is 1. The first kappa shape index (κ1) is 22.1. The molecule has 0 N–H and O–H groups in total. The average Bonchev–Trinajstić information content (AvgIpc) is 2.58. The predicted molar refractivity (Wildman–Crippen MR) is 106 cm³/mol. The molecular weight excluding hydrogens is 320 g/mol. The third kappa shape index (κ3) is 3.92. The summed E-state index contributed by atoms with van der Waals surface area (Å²) in [5.74, 6) is 0. The van der Waals surface area contributed by atoms with Crippen LogP contribution in [0.2, 0.25) is 0 Å². The molecule has 1 unspecified atom stereocenters. The summed E-state index contributed by atoms with van der Waals surface area (Å²) in [5.41, 5.74) is -1.36. The fourth-order valence-electron chi connectivity index (χ4n) is 3.71. The molecule has 26 heavy (non-hydrogen) atoms. The van der Waals surface area contributed by atoms with Crippen LogP contribution in [-0.4, -0.2) is 28.5 Å². The second kappa shape index (κ2) is 8.19. The number of hydrogen-bond acceptors (Lipinski definition) is 4. The topological polar surface area (TPSA) is 63.7 Å². The Morgan fingerprint density at radius 1 is 1.00 bits per heavy atom. The summed E-state index contributed by atoms with van der Waals surface area (Å²) < 4.78 is 0. The summed E-state index contributed by atoms with van der Waals surface area (Å²) >= 11 is 0. The zero-order valence-electron chi connectivity index (χ0n) is 17.7. The van der Waals surface area contributed by atoms with Crippen molar-refractivity contribution in [1.29, 1.82) is 10.5 Å². The normalized spacial score (nSPS) is 15.0. The van der Waals surface area contributed by atoms with Gasteiger partial charge in [0.15, 0.2) is 0 Å². The van der Waals surface area contributed by atoms with E-state index >= 15 is 0 Å². The third-order valence-corrected chi connectivity index (χ3v) is 6.27. The Hall–Kier alpha value is -1.91. The number of nitrogens with zero attached hydrogens (tertiary/aromatic N) is 4. The van der Waals surface area contributed by atoms with Crippen molar-refractivity contribution in [2.24, 2.45) is 10.8 Å². The van der Waals surface area contributed by atoms with Gasteiger partial charge in [-0.3, -0.25) is 9.88 Å². The van der Waals surface area contributed by atoms with Gasteiger partial charge < -0.3 is 0 Å². The number of pyridine rings is 1. The Labute approximate surface area is 159 Å². The fraction of sp³-hybridized carbons (Fsp3) is 0.682. The Bertz CT molecular complexity index is 654. The van der Waals surface area contributed by atoms with Crippen molar-refractivity contribution >= 4 is 0 Å². The third-order valence-electron chi connectivity index (χ3n) is 6.27. The molecule has 1 atom stereocenters. The molecule has 0 radical (unpaired) electrons. The van der Waals surface area contributed by atoms with Gasteiger partial charge in [0.05, 0.1) is 23.2 Å². The molecule has 0 amide bonds. The van der Waals surface area contributed by atoms with Crippen LogP contribution in [0, 0.1) is 33.5 Å². The lowest BCUT2D eigenvalue weighted by Crippen LogP contribution is -2.52. The van der Waals surface area contributed by atoms with Crippen molar-refractivity contribution in [2.75, 3.05) is 6.54 Å². The van der Waals surface area contributed by atoms with Gasteiger partial charge in [0.2, 0.25) is 0 Å². The molecule has 0 saturated carbocycles. The van der Waals surface area contributed by atoms with Gasteiger partial charge in [-0.15, -0.1) is 0 Å². The van der Waals surface area contributed by atoms with Gasteiger partial charge >= 0.3 is 0 Å². The Balaban J connectivity index is 3.49. The quantitative estimate of drug-likeness (QED) is 0.664. The summed E-state index contributed by atoms with van der Waals surface area (Å²) in [7, 11) is 0. The van der Waals surface area contributed by atoms with Crippen LogP contribution in [-0.2, 0) is 5.41 Å². The van der Waals surface area contributed by atoms with Gasteiger partial charge in [-0.05, 0) is 60.1 Å². The molecule has 1 heterocycles. The number of rotatable bonds is 8. The largest absolute Gasteiger partial charge is 0.298 e. The van der Waals surface area contributed by atoms with Crippen LogP contribution in [0.25, 0.3) is 0 Å². The van der Waals surface area contributed by atoms with E-state index in [0.717, 1.165) is 12.2 Å². The lowest BCUT2D eigenvalue weighted by molar-refractivity contribution is 0.0604. The molecule has 0 bridgehead atoms. The van der Waals surface area contributed by atoms with Crippen LogP contribution in [0.1, 0.15) is 67.5 Å². The molecule has 1 rings (SSSR count). The molecule has 0 aromatic carbocycles. The smallest absolute Gasteiger partial charge is 0.107 e. The minimum atomic E-state index is -0.852. The zero-order valence-corrected chi connectivity index (χ0v) is 17.7. The van der Waals surface area contributed by atoms with Crippen LogP contribution in [0.5, 0.6) is 0 Å². The van der Waals surface area contributed by atoms with E-state index in [1.807, 2.05) is 45.9 Å². The molecule has 0 aliphatic carbocycles. The Kier molecular flexibility index (Phi) is 6.97. The summed E-state index contributed by atoms with van der Waals surface area (Å²) in [6.07, 6.45) is 2.37. The minimum absolute atomic E-state index is 0.391. The van der Waals surface area contributed by atoms with E-state index in [0.29, 0.717) is 18.5 Å². The summed E-state index contributed by atoms with van der Waals surface area (Å²) in [5, 5.41) is 20.2.